The van der Waals surface area contributed by atoms with Gasteiger partial charge in [0.1, 0.15) is 0 Å². The maximum absolute atomic E-state index is 12.8. The largest absolute Gasteiger partial charge is 0.378 e. The number of carbonyl (C=O) groups excluding carboxylic acids is 2. The number of hydrogen-bond donors (Lipinski definition) is 1. The summed E-state index contributed by atoms with van der Waals surface area (Å²) in [4.78, 5) is 32.4. The molecular weight excluding hydrogens is 412 g/mol. The Labute approximate surface area is 187 Å². The van der Waals surface area contributed by atoms with Gasteiger partial charge in [0.15, 0.2) is 0 Å². The first-order valence-corrected chi connectivity index (χ1v) is 11.8. The molecule has 2 amide bonds. The zero-order valence-electron chi connectivity index (χ0n) is 17.7. The van der Waals surface area contributed by atoms with E-state index in [4.69, 9.17) is 4.74 Å². The molecule has 0 spiro atoms. The van der Waals surface area contributed by atoms with Gasteiger partial charge in [-0.1, -0.05) is 36.4 Å². The number of carbonyl (C=O) groups is 2. The van der Waals surface area contributed by atoms with Crippen LogP contribution in [0.5, 0.6) is 0 Å². The second-order valence-corrected chi connectivity index (χ2v) is 8.87. The van der Waals surface area contributed by atoms with E-state index in [1.54, 1.807) is 11.3 Å². The number of amides is 2. The fourth-order valence-corrected chi connectivity index (χ4v) is 4.87. The molecule has 1 aromatic carbocycles. The molecule has 0 saturated carbocycles. The van der Waals surface area contributed by atoms with E-state index in [1.807, 2.05) is 34.1 Å². The van der Waals surface area contributed by atoms with Crippen LogP contribution < -0.4 is 5.32 Å². The average molecular weight is 443 g/mol. The zero-order chi connectivity index (χ0) is 21.5. The van der Waals surface area contributed by atoms with Crippen molar-refractivity contribution in [2.75, 3.05) is 65.6 Å². The number of piperazine rings is 1. The number of rotatable bonds is 7. The van der Waals surface area contributed by atoms with Crippen LogP contribution in [0.3, 0.4) is 0 Å². The van der Waals surface area contributed by atoms with Crippen LogP contribution in [0.15, 0.2) is 47.8 Å². The van der Waals surface area contributed by atoms with Crippen LogP contribution in [-0.4, -0.2) is 92.1 Å². The summed E-state index contributed by atoms with van der Waals surface area (Å²) in [6.07, 6.45) is 0. The molecule has 1 aromatic heterocycles. The molecule has 2 aliphatic heterocycles. The molecule has 3 heterocycles. The van der Waals surface area contributed by atoms with Crippen LogP contribution in [0.25, 0.3) is 0 Å². The van der Waals surface area contributed by atoms with Crippen molar-refractivity contribution in [1.29, 1.82) is 0 Å². The lowest BCUT2D eigenvalue weighted by Crippen LogP contribution is -2.53. The van der Waals surface area contributed by atoms with Crippen molar-refractivity contribution in [3.63, 3.8) is 0 Å². The summed E-state index contributed by atoms with van der Waals surface area (Å²) < 4.78 is 5.31. The molecular formula is C23H30N4O3S. The number of ether oxygens (including phenoxy) is 1. The van der Waals surface area contributed by atoms with Crippen molar-refractivity contribution >= 4 is 23.2 Å². The Morgan fingerprint density at radius 1 is 0.903 bits per heavy atom. The topological polar surface area (TPSA) is 65.1 Å². The highest BCUT2D eigenvalue weighted by molar-refractivity contribution is 7.10. The Bertz CT molecular complexity index is 832. The van der Waals surface area contributed by atoms with Crippen molar-refractivity contribution < 1.29 is 14.3 Å². The van der Waals surface area contributed by atoms with Crippen LogP contribution in [0.4, 0.5) is 0 Å². The lowest BCUT2D eigenvalue weighted by atomic mass is 10.1. The highest BCUT2D eigenvalue weighted by Crippen LogP contribution is 2.25. The Morgan fingerprint density at radius 3 is 2.29 bits per heavy atom. The van der Waals surface area contributed by atoms with Crippen molar-refractivity contribution in [3.8, 4) is 0 Å². The third kappa shape index (κ3) is 5.92. The highest BCUT2D eigenvalue weighted by atomic mass is 32.1. The molecule has 8 heteroatoms. The summed E-state index contributed by atoms with van der Waals surface area (Å²) in [5.41, 5.74) is 1.16. The first-order valence-electron chi connectivity index (χ1n) is 10.9. The molecule has 2 aliphatic rings. The van der Waals surface area contributed by atoms with Gasteiger partial charge in [-0.05, 0) is 17.0 Å². The van der Waals surface area contributed by atoms with Crippen molar-refractivity contribution in [1.82, 2.24) is 20.0 Å². The molecule has 0 radical (unpaired) electrons. The van der Waals surface area contributed by atoms with Crippen LogP contribution in [0.2, 0.25) is 0 Å². The lowest BCUT2D eigenvalue weighted by molar-refractivity contribution is -0.137. The molecule has 0 aliphatic carbocycles. The van der Waals surface area contributed by atoms with E-state index in [9.17, 15) is 9.59 Å². The first kappa shape index (κ1) is 22.0. The highest BCUT2D eigenvalue weighted by Gasteiger charge is 2.25. The van der Waals surface area contributed by atoms with Crippen molar-refractivity contribution in [2.24, 2.45) is 0 Å². The molecule has 0 bridgehead atoms. The summed E-state index contributed by atoms with van der Waals surface area (Å²) in [6.45, 7) is 6.10. The summed E-state index contributed by atoms with van der Waals surface area (Å²) in [6, 6.07) is 14.4. The molecule has 4 rings (SSSR count). The molecule has 2 saturated heterocycles. The van der Waals surface area contributed by atoms with Crippen LogP contribution in [-0.2, 0) is 14.3 Å². The third-order valence-corrected chi connectivity index (χ3v) is 6.80. The van der Waals surface area contributed by atoms with Gasteiger partial charge in [0, 0.05) is 44.1 Å². The third-order valence-electron chi connectivity index (χ3n) is 5.87. The molecule has 31 heavy (non-hydrogen) atoms. The van der Waals surface area contributed by atoms with Gasteiger partial charge in [-0.15, -0.1) is 11.3 Å². The van der Waals surface area contributed by atoms with E-state index in [-0.39, 0.29) is 17.9 Å². The zero-order valence-corrected chi connectivity index (χ0v) is 18.6. The molecule has 1 N–H and O–H groups in total. The standard InChI is InChI=1S/C23H30N4O3S/c28-21(17-24-23(20-7-4-16-31-20)19-5-2-1-3-6-19)26-10-8-25(9-11-26)18-22(29)27-12-14-30-15-13-27/h1-7,16,23-24H,8-15,17-18H2. The van der Waals surface area contributed by atoms with Gasteiger partial charge < -0.3 is 14.5 Å². The van der Waals surface area contributed by atoms with E-state index >= 15 is 0 Å². The van der Waals surface area contributed by atoms with Gasteiger partial charge >= 0.3 is 0 Å². The molecule has 2 aromatic rings. The number of morpholine rings is 1. The van der Waals surface area contributed by atoms with Gasteiger partial charge in [-0.3, -0.25) is 19.8 Å². The molecule has 7 nitrogen and oxygen atoms in total. The van der Waals surface area contributed by atoms with E-state index in [1.165, 1.54) is 4.88 Å². The number of nitrogens with one attached hydrogen (secondary N) is 1. The minimum absolute atomic E-state index is 0.0117. The number of benzene rings is 1. The maximum Gasteiger partial charge on any atom is 0.236 e. The molecule has 2 fully saturated rings. The van der Waals surface area contributed by atoms with Gasteiger partial charge in [0.2, 0.25) is 11.8 Å². The average Bonchev–Trinajstić information content (AvgIpc) is 3.35. The molecule has 166 valence electrons. The maximum atomic E-state index is 12.8. The van der Waals surface area contributed by atoms with E-state index in [0.29, 0.717) is 52.5 Å². The monoisotopic (exact) mass is 442 g/mol. The van der Waals surface area contributed by atoms with Gasteiger partial charge in [0.05, 0.1) is 32.3 Å². The van der Waals surface area contributed by atoms with Crippen LogP contribution >= 0.6 is 11.3 Å². The number of nitrogens with zero attached hydrogens (tertiary/aromatic N) is 3. The SMILES string of the molecule is O=C(CNC(c1ccccc1)c1cccs1)N1CCN(CC(=O)N2CCOCC2)CC1. The Hall–Kier alpha value is -2.26. The first-order chi connectivity index (χ1) is 15.2. The Morgan fingerprint density at radius 2 is 1.61 bits per heavy atom. The fraction of sp³-hybridized carbons (Fsp3) is 0.478. The minimum atomic E-state index is 0.0117. The quantitative estimate of drug-likeness (QED) is 0.703. The summed E-state index contributed by atoms with van der Waals surface area (Å²) in [5.74, 6) is 0.267. The smallest absolute Gasteiger partial charge is 0.236 e. The second kappa shape index (κ2) is 10.9. The second-order valence-electron chi connectivity index (χ2n) is 7.89. The summed E-state index contributed by atoms with van der Waals surface area (Å²) in [5, 5.41) is 5.52. The van der Waals surface area contributed by atoms with Gasteiger partial charge in [-0.2, -0.15) is 0 Å². The molecule has 1 atom stereocenters. The number of hydrogen-bond acceptors (Lipinski definition) is 6. The van der Waals surface area contributed by atoms with Crippen molar-refractivity contribution in [3.05, 3.63) is 58.3 Å². The van der Waals surface area contributed by atoms with Gasteiger partial charge in [0.25, 0.3) is 0 Å². The van der Waals surface area contributed by atoms with E-state index in [0.717, 1.165) is 18.7 Å². The van der Waals surface area contributed by atoms with Gasteiger partial charge in [-0.25, -0.2) is 0 Å². The predicted octanol–water partition coefficient (Wildman–Crippen LogP) is 1.43. The number of thiophene rings is 1. The predicted molar refractivity (Wildman–Crippen MR) is 121 cm³/mol. The Kier molecular flexibility index (Phi) is 7.69. The fourth-order valence-electron chi connectivity index (χ4n) is 4.04. The molecule has 1 unspecified atom stereocenters. The Balaban J connectivity index is 1.25. The normalized spacial score (nSPS) is 18.7. The summed E-state index contributed by atoms with van der Waals surface area (Å²) in [7, 11) is 0. The lowest BCUT2D eigenvalue weighted by Gasteiger charge is -2.36. The van der Waals surface area contributed by atoms with E-state index in [2.05, 4.69) is 33.8 Å². The van der Waals surface area contributed by atoms with E-state index < -0.39 is 0 Å². The summed E-state index contributed by atoms with van der Waals surface area (Å²) >= 11 is 1.69. The van der Waals surface area contributed by atoms with Crippen LogP contribution in [0.1, 0.15) is 16.5 Å². The minimum Gasteiger partial charge on any atom is -0.378 e. The van der Waals surface area contributed by atoms with Crippen molar-refractivity contribution in [2.45, 2.75) is 6.04 Å². The van der Waals surface area contributed by atoms with Crippen LogP contribution in [0, 0.1) is 0 Å².